The third-order valence-electron chi connectivity index (χ3n) is 2.12. The number of pyridine rings is 1. The van der Waals surface area contributed by atoms with Crippen molar-refractivity contribution in [3.8, 4) is 0 Å². The van der Waals surface area contributed by atoms with Gasteiger partial charge in [0.05, 0.1) is 6.04 Å². The van der Waals surface area contributed by atoms with Crippen molar-refractivity contribution in [1.29, 1.82) is 0 Å². The van der Waals surface area contributed by atoms with E-state index in [9.17, 15) is 4.79 Å². The molecule has 1 amide bonds. The lowest BCUT2D eigenvalue weighted by Crippen LogP contribution is -2.27. The van der Waals surface area contributed by atoms with Gasteiger partial charge >= 0.3 is 0 Å². The van der Waals surface area contributed by atoms with E-state index in [1.807, 2.05) is 12.3 Å². The van der Waals surface area contributed by atoms with Crippen LogP contribution in [0.25, 0.3) is 0 Å². The fraction of sp³-hybridized carbons (Fsp3) is 0.182. The third-order valence-corrected chi connectivity index (χ3v) is 3.32. The maximum absolute atomic E-state index is 11.8. The second-order valence-electron chi connectivity index (χ2n) is 3.42. The van der Waals surface area contributed by atoms with Crippen molar-refractivity contribution in [2.75, 3.05) is 0 Å². The first kappa shape index (κ1) is 12.0. The van der Waals surface area contributed by atoms with Gasteiger partial charge in [0.25, 0.3) is 5.91 Å². The standard InChI is InChI=1S/C11H10ClN3OS/c1-7(11-14-4-5-17-11)15-10(16)9-6-8(12)2-3-13-9/h2-7H,1H3,(H,15,16). The van der Waals surface area contributed by atoms with Crippen LogP contribution in [-0.2, 0) is 0 Å². The zero-order valence-electron chi connectivity index (χ0n) is 9.05. The van der Waals surface area contributed by atoms with E-state index < -0.39 is 0 Å². The summed E-state index contributed by atoms with van der Waals surface area (Å²) in [6.07, 6.45) is 3.21. The smallest absolute Gasteiger partial charge is 0.270 e. The zero-order chi connectivity index (χ0) is 12.3. The summed E-state index contributed by atoms with van der Waals surface area (Å²) in [4.78, 5) is 19.9. The topological polar surface area (TPSA) is 54.9 Å². The molecule has 88 valence electrons. The Bertz CT molecular complexity index is 515. The predicted octanol–water partition coefficient (Wildman–Crippen LogP) is 2.68. The van der Waals surface area contributed by atoms with Crippen LogP contribution in [0.15, 0.2) is 29.9 Å². The molecule has 0 radical (unpaired) electrons. The molecule has 0 bridgehead atoms. The van der Waals surface area contributed by atoms with E-state index in [-0.39, 0.29) is 11.9 Å². The molecule has 2 aromatic rings. The molecule has 2 heterocycles. The Kier molecular flexibility index (Phi) is 3.71. The Labute approximate surface area is 108 Å². The van der Waals surface area contributed by atoms with Gasteiger partial charge in [-0.3, -0.25) is 9.78 Å². The quantitative estimate of drug-likeness (QED) is 0.930. The first-order valence-electron chi connectivity index (χ1n) is 4.98. The van der Waals surface area contributed by atoms with Gasteiger partial charge in [-0.1, -0.05) is 11.6 Å². The maximum atomic E-state index is 11.8. The van der Waals surface area contributed by atoms with Gasteiger partial charge in [0, 0.05) is 22.8 Å². The van der Waals surface area contributed by atoms with E-state index in [2.05, 4.69) is 15.3 Å². The van der Waals surface area contributed by atoms with Gasteiger partial charge in [-0.05, 0) is 19.1 Å². The van der Waals surface area contributed by atoms with Crippen molar-refractivity contribution in [2.24, 2.45) is 0 Å². The molecule has 0 saturated carbocycles. The highest BCUT2D eigenvalue weighted by Gasteiger charge is 2.14. The van der Waals surface area contributed by atoms with Crippen molar-refractivity contribution in [1.82, 2.24) is 15.3 Å². The van der Waals surface area contributed by atoms with E-state index in [4.69, 9.17) is 11.6 Å². The number of aromatic nitrogens is 2. The Morgan fingerprint density at radius 2 is 2.29 bits per heavy atom. The fourth-order valence-electron chi connectivity index (χ4n) is 1.31. The summed E-state index contributed by atoms with van der Waals surface area (Å²) in [6.45, 7) is 1.88. The van der Waals surface area contributed by atoms with Crippen molar-refractivity contribution >= 4 is 28.8 Å². The minimum Gasteiger partial charge on any atom is -0.342 e. The molecule has 0 spiro atoms. The fourth-order valence-corrected chi connectivity index (χ4v) is 2.12. The molecule has 2 rings (SSSR count). The summed E-state index contributed by atoms with van der Waals surface area (Å²) >= 11 is 7.29. The largest absolute Gasteiger partial charge is 0.342 e. The Balaban J connectivity index is 2.07. The minimum absolute atomic E-state index is 0.136. The van der Waals surface area contributed by atoms with Crippen molar-refractivity contribution in [2.45, 2.75) is 13.0 Å². The molecule has 6 heteroatoms. The monoisotopic (exact) mass is 267 g/mol. The molecule has 0 aliphatic rings. The molecule has 0 fully saturated rings. The lowest BCUT2D eigenvalue weighted by atomic mass is 10.3. The first-order chi connectivity index (χ1) is 8.16. The molecule has 17 heavy (non-hydrogen) atoms. The van der Waals surface area contributed by atoms with E-state index in [1.165, 1.54) is 23.6 Å². The number of carbonyl (C=O) groups is 1. The van der Waals surface area contributed by atoms with Crippen molar-refractivity contribution in [3.63, 3.8) is 0 Å². The second-order valence-corrected chi connectivity index (χ2v) is 4.79. The highest BCUT2D eigenvalue weighted by molar-refractivity contribution is 7.09. The first-order valence-corrected chi connectivity index (χ1v) is 6.24. The molecule has 1 unspecified atom stereocenters. The molecule has 4 nitrogen and oxygen atoms in total. The van der Waals surface area contributed by atoms with Crippen LogP contribution in [0.4, 0.5) is 0 Å². The van der Waals surface area contributed by atoms with Gasteiger partial charge in [-0.15, -0.1) is 11.3 Å². The number of halogens is 1. The third kappa shape index (κ3) is 3.01. The molecule has 2 aromatic heterocycles. The van der Waals surface area contributed by atoms with Crippen LogP contribution in [0.5, 0.6) is 0 Å². The number of hydrogen-bond donors (Lipinski definition) is 1. The summed E-state index contributed by atoms with van der Waals surface area (Å²) in [7, 11) is 0. The van der Waals surface area contributed by atoms with Crippen LogP contribution >= 0.6 is 22.9 Å². The summed E-state index contributed by atoms with van der Waals surface area (Å²) < 4.78 is 0. The van der Waals surface area contributed by atoms with Crippen LogP contribution < -0.4 is 5.32 Å². The number of nitrogens with one attached hydrogen (secondary N) is 1. The van der Waals surface area contributed by atoms with E-state index >= 15 is 0 Å². The summed E-state index contributed by atoms with van der Waals surface area (Å²) in [6, 6.07) is 3.02. The molecular formula is C11H10ClN3OS. The Morgan fingerprint density at radius 1 is 1.47 bits per heavy atom. The zero-order valence-corrected chi connectivity index (χ0v) is 10.6. The number of amides is 1. The Hall–Kier alpha value is -1.46. The predicted molar refractivity (Wildman–Crippen MR) is 67.2 cm³/mol. The Morgan fingerprint density at radius 3 is 2.94 bits per heavy atom. The molecular weight excluding hydrogens is 258 g/mol. The van der Waals surface area contributed by atoms with Gasteiger partial charge in [0.15, 0.2) is 0 Å². The van der Waals surface area contributed by atoms with Gasteiger partial charge in [0.1, 0.15) is 10.7 Å². The SMILES string of the molecule is CC(NC(=O)c1cc(Cl)ccn1)c1nccs1. The average Bonchev–Trinajstić information content (AvgIpc) is 2.82. The van der Waals surface area contributed by atoms with Crippen molar-refractivity contribution < 1.29 is 4.79 Å². The van der Waals surface area contributed by atoms with Gasteiger partial charge in [-0.25, -0.2) is 4.98 Å². The molecule has 1 N–H and O–H groups in total. The number of carbonyl (C=O) groups excluding carboxylic acids is 1. The number of hydrogen-bond acceptors (Lipinski definition) is 4. The number of nitrogens with zero attached hydrogens (tertiary/aromatic N) is 2. The lowest BCUT2D eigenvalue weighted by molar-refractivity contribution is 0.0935. The summed E-state index contributed by atoms with van der Waals surface area (Å²) in [5, 5.41) is 6.04. The maximum Gasteiger partial charge on any atom is 0.270 e. The highest BCUT2D eigenvalue weighted by Crippen LogP contribution is 2.15. The second kappa shape index (κ2) is 5.25. The number of thiazole rings is 1. The molecule has 0 aliphatic heterocycles. The normalized spacial score (nSPS) is 12.1. The van der Waals surface area contributed by atoms with E-state index in [1.54, 1.807) is 12.3 Å². The highest BCUT2D eigenvalue weighted by atomic mass is 35.5. The van der Waals surface area contributed by atoms with Crippen LogP contribution in [-0.4, -0.2) is 15.9 Å². The van der Waals surface area contributed by atoms with Crippen LogP contribution in [0, 0.1) is 0 Å². The molecule has 0 saturated heterocycles. The molecule has 1 atom stereocenters. The van der Waals surface area contributed by atoms with Crippen LogP contribution in [0.3, 0.4) is 0 Å². The van der Waals surface area contributed by atoms with E-state index in [0.29, 0.717) is 10.7 Å². The summed E-state index contributed by atoms with van der Waals surface area (Å²) in [5.41, 5.74) is 0.306. The minimum atomic E-state index is -0.254. The number of rotatable bonds is 3. The van der Waals surface area contributed by atoms with Crippen LogP contribution in [0.2, 0.25) is 5.02 Å². The van der Waals surface area contributed by atoms with Gasteiger partial charge < -0.3 is 5.32 Å². The summed E-state index contributed by atoms with van der Waals surface area (Å²) in [5.74, 6) is -0.254. The average molecular weight is 268 g/mol. The molecule has 0 aromatic carbocycles. The van der Waals surface area contributed by atoms with Gasteiger partial charge in [0.2, 0.25) is 0 Å². The van der Waals surface area contributed by atoms with Crippen molar-refractivity contribution in [3.05, 3.63) is 45.6 Å². The van der Waals surface area contributed by atoms with E-state index in [0.717, 1.165) is 5.01 Å². The molecule has 0 aliphatic carbocycles. The van der Waals surface area contributed by atoms with Crippen LogP contribution in [0.1, 0.15) is 28.5 Å². The van der Waals surface area contributed by atoms with Gasteiger partial charge in [-0.2, -0.15) is 0 Å². The lowest BCUT2D eigenvalue weighted by Gasteiger charge is -2.10.